The van der Waals surface area contributed by atoms with Gasteiger partial charge in [-0.05, 0) is 75.0 Å². The monoisotopic (exact) mass is 454 g/mol. The number of hydrazone groups is 1. The van der Waals surface area contributed by atoms with Crippen LogP contribution in [0.2, 0.25) is 5.02 Å². The van der Waals surface area contributed by atoms with Crippen molar-refractivity contribution in [2.75, 3.05) is 19.6 Å². The van der Waals surface area contributed by atoms with Gasteiger partial charge in [0.25, 0.3) is 11.8 Å². The van der Waals surface area contributed by atoms with Crippen LogP contribution in [0.3, 0.4) is 0 Å². The Morgan fingerprint density at radius 1 is 1.03 bits per heavy atom. The lowest BCUT2D eigenvalue weighted by atomic mass is 10.0. The molecule has 7 heteroatoms. The molecule has 1 saturated heterocycles. The summed E-state index contributed by atoms with van der Waals surface area (Å²) < 4.78 is 0. The van der Waals surface area contributed by atoms with E-state index in [0.717, 1.165) is 50.8 Å². The van der Waals surface area contributed by atoms with Crippen molar-refractivity contribution in [2.24, 2.45) is 5.10 Å². The van der Waals surface area contributed by atoms with Gasteiger partial charge in [-0.3, -0.25) is 14.5 Å². The van der Waals surface area contributed by atoms with E-state index in [-0.39, 0.29) is 17.9 Å². The molecular formula is C25H31ClN4O2. The zero-order valence-corrected chi connectivity index (χ0v) is 19.1. The molecule has 2 aromatic carbocycles. The summed E-state index contributed by atoms with van der Waals surface area (Å²) in [4.78, 5) is 27.3. The molecule has 1 aliphatic rings. The molecule has 170 valence electrons. The number of benzene rings is 2. The Balaban J connectivity index is 1.47. The van der Waals surface area contributed by atoms with Gasteiger partial charge in [-0.25, -0.2) is 5.43 Å². The highest BCUT2D eigenvalue weighted by atomic mass is 35.5. The minimum Gasteiger partial charge on any atom is -0.352 e. The average molecular weight is 455 g/mol. The molecule has 0 spiro atoms. The number of nitrogens with zero attached hydrogens (tertiary/aromatic N) is 2. The first-order valence-corrected chi connectivity index (χ1v) is 11.7. The van der Waals surface area contributed by atoms with Crippen LogP contribution in [0.15, 0.2) is 59.7 Å². The first-order chi connectivity index (χ1) is 15.6. The normalized spacial score (nSPS) is 15.4. The van der Waals surface area contributed by atoms with E-state index in [4.69, 9.17) is 11.6 Å². The summed E-state index contributed by atoms with van der Waals surface area (Å²) in [6.45, 7) is 2.46. The smallest absolute Gasteiger partial charge is 0.257 e. The van der Waals surface area contributed by atoms with E-state index in [1.54, 1.807) is 30.5 Å². The van der Waals surface area contributed by atoms with Crippen molar-refractivity contribution in [2.45, 2.75) is 44.6 Å². The van der Waals surface area contributed by atoms with Crippen LogP contribution in [0.1, 0.15) is 54.4 Å². The van der Waals surface area contributed by atoms with Crippen LogP contribution in [-0.4, -0.2) is 48.6 Å². The Labute approximate surface area is 195 Å². The van der Waals surface area contributed by atoms with Gasteiger partial charge in [0.1, 0.15) is 0 Å². The number of hydrogen-bond acceptors (Lipinski definition) is 4. The van der Waals surface area contributed by atoms with Gasteiger partial charge in [-0.2, -0.15) is 5.10 Å². The van der Waals surface area contributed by atoms with E-state index >= 15 is 0 Å². The van der Waals surface area contributed by atoms with E-state index in [9.17, 15) is 9.59 Å². The Bertz CT molecular complexity index is 898. The third-order valence-corrected chi connectivity index (χ3v) is 5.83. The predicted octanol–water partition coefficient (Wildman–Crippen LogP) is 4.24. The third kappa shape index (κ3) is 7.77. The molecule has 1 heterocycles. The highest BCUT2D eigenvalue weighted by molar-refractivity contribution is 6.30. The average Bonchev–Trinajstić information content (AvgIpc) is 2.82. The zero-order chi connectivity index (χ0) is 22.6. The lowest BCUT2D eigenvalue weighted by molar-refractivity contribution is -0.127. The van der Waals surface area contributed by atoms with Gasteiger partial charge in [0.2, 0.25) is 0 Å². The Kier molecular flexibility index (Phi) is 9.72. The molecule has 2 aromatic rings. The largest absolute Gasteiger partial charge is 0.352 e. The number of carbonyl (C=O) groups is 2. The Morgan fingerprint density at radius 3 is 2.56 bits per heavy atom. The van der Waals surface area contributed by atoms with Crippen LogP contribution in [0.25, 0.3) is 0 Å². The van der Waals surface area contributed by atoms with Crippen LogP contribution < -0.4 is 10.7 Å². The molecule has 0 bridgehead atoms. The maximum Gasteiger partial charge on any atom is 0.257 e. The van der Waals surface area contributed by atoms with Crippen molar-refractivity contribution in [3.63, 3.8) is 0 Å². The molecular weight excluding hydrogens is 424 g/mol. The molecule has 0 aromatic heterocycles. The van der Waals surface area contributed by atoms with E-state index < -0.39 is 0 Å². The molecule has 2 N–H and O–H groups in total. The molecule has 1 fully saturated rings. The summed E-state index contributed by atoms with van der Waals surface area (Å²) >= 11 is 5.99. The van der Waals surface area contributed by atoms with Crippen molar-refractivity contribution >= 4 is 29.6 Å². The number of nitrogens with one attached hydrogen (secondary N) is 2. The molecule has 2 amide bonds. The first kappa shape index (κ1) is 24.0. The highest BCUT2D eigenvalue weighted by Gasteiger charge is 2.26. The summed E-state index contributed by atoms with van der Waals surface area (Å²) in [6.07, 6.45) is 7.45. The summed E-state index contributed by atoms with van der Waals surface area (Å²) in [6, 6.07) is 16.3. The van der Waals surface area contributed by atoms with Gasteiger partial charge in [-0.15, -0.1) is 0 Å². The van der Waals surface area contributed by atoms with Crippen LogP contribution >= 0.6 is 11.6 Å². The van der Waals surface area contributed by atoms with Gasteiger partial charge < -0.3 is 5.32 Å². The van der Waals surface area contributed by atoms with Gasteiger partial charge in [0.15, 0.2) is 0 Å². The van der Waals surface area contributed by atoms with Crippen molar-refractivity contribution < 1.29 is 9.59 Å². The van der Waals surface area contributed by atoms with Crippen molar-refractivity contribution in [3.05, 3.63) is 70.7 Å². The van der Waals surface area contributed by atoms with Crippen LogP contribution in [0.4, 0.5) is 0 Å². The number of likely N-dealkylation sites (tertiary alicyclic amines) is 1. The van der Waals surface area contributed by atoms with Gasteiger partial charge in [-0.1, -0.05) is 48.4 Å². The number of piperidine rings is 1. The lowest BCUT2D eigenvalue weighted by Crippen LogP contribution is -2.47. The molecule has 3 rings (SSSR count). The second-order valence-electron chi connectivity index (χ2n) is 8.02. The highest BCUT2D eigenvalue weighted by Crippen LogP contribution is 2.17. The minimum atomic E-state index is -0.211. The molecule has 1 atom stereocenters. The fourth-order valence-electron chi connectivity index (χ4n) is 3.90. The standard InChI is InChI=1S/C25H31ClN4O2/c26-22-13-9-10-20(18-22)19-28-29-25(32)23(30-16-7-2-8-17-30)14-5-6-15-27-24(31)21-11-3-1-4-12-21/h1,3-4,9-13,18-19,23H,2,5-8,14-17H2,(H,27,31)(H,29,32)/b28-19+/t23-/m1/s1. The zero-order valence-electron chi connectivity index (χ0n) is 18.3. The lowest BCUT2D eigenvalue weighted by Gasteiger charge is -2.33. The van der Waals surface area contributed by atoms with Gasteiger partial charge in [0.05, 0.1) is 12.3 Å². The van der Waals surface area contributed by atoms with E-state index in [2.05, 4.69) is 20.7 Å². The maximum absolute atomic E-state index is 12.9. The first-order valence-electron chi connectivity index (χ1n) is 11.3. The second-order valence-corrected chi connectivity index (χ2v) is 8.46. The Morgan fingerprint density at radius 2 is 1.81 bits per heavy atom. The Hall–Kier alpha value is -2.70. The van der Waals surface area contributed by atoms with Crippen LogP contribution in [-0.2, 0) is 4.79 Å². The summed E-state index contributed by atoms with van der Waals surface area (Å²) in [7, 11) is 0. The fourth-order valence-corrected chi connectivity index (χ4v) is 4.10. The summed E-state index contributed by atoms with van der Waals surface area (Å²) in [5.41, 5.74) is 4.20. The molecule has 6 nitrogen and oxygen atoms in total. The SMILES string of the molecule is O=C(NCCCC[C@H](C(=O)N/N=C/c1cccc(Cl)c1)N1CCCCC1)c1ccccc1. The molecule has 1 aliphatic heterocycles. The number of hydrogen-bond donors (Lipinski definition) is 2. The van der Waals surface area contributed by atoms with Gasteiger partial charge >= 0.3 is 0 Å². The predicted molar refractivity (Wildman–Crippen MR) is 129 cm³/mol. The summed E-state index contributed by atoms with van der Waals surface area (Å²) in [5.74, 6) is -0.148. The fraction of sp³-hybridized carbons (Fsp3) is 0.400. The third-order valence-electron chi connectivity index (χ3n) is 5.60. The quantitative estimate of drug-likeness (QED) is 0.320. The van der Waals surface area contributed by atoms with Crippen molar-refractivity contribution in [3.8, 4) is 0 Å². The molecule has 0 aliphatic carbocycles. The molecule has 32 heavy (non-hydrogen) atoms. The topological polar surface area (TPSA) is 73.8 Å². The van der Waals surface area contributed by atoms with Crippen molar-refractivity contribution in [1.29, 1.82) is 0 Å². The van der Waals surface area contributed by atoms with Crippen LogP contribution in [0, 0.1) is 0 Å². The molecule has 0 unspecified atom stereocenters. The van der Waals surface area contributed by atoms with Crippen LogP contribution in [0.5, 0.6) is 0 Å². The number of carbonyl (C=O) groups excluding carboxylic acids is 2. The van der Waals surface area contributed by atoms with E-state index in [1.165, 1.54) is 6.42 Å². The number of rotatable bonds is 10. The second kappa shape index (κ2) is 13.0. The maximum atomic E-state index is 12.9. The minimum absolute atomic E-state index is 0.0636. The summed E-state index contributed by atoms with van der Waals surface area (Å²) in [5, 5.41) is 7.71. The molecule has 0 saturated carbocycles. The van der Waals surface area contributed by atoms with Crippen molar-refractivity contribution in [1.82, 2.24) is 15.6 Å². The number of halogens is 1. The van der Waals surface area contributed by atoms with E-state index in [1.807, 2.05) is 30.3 Å². The van der Waals surface area contributed by atoms with E-state index in [0.29, 0.717) is 17.1 Å². The molecule has 0 radical (unpaired) electrons. The number of amides is 2. The number of unbranched alkanes of at least 4 members (excludes halogenated alkanes) is 1. The van der Waals surface area contributed by atoms with Gasteiger partial charge in [0, 0.05) is 17.1 Å².